The van der Waals surface area contributed by atoms with Crippen molar-refractivity contribution in [2.75, 3.05) is 30.8 Å². The number of aromatic nitrogens is 8. The summed E-state index contributed by atoms with van der Waals surface area (Å²) < 4.78 is 68.6. The van der Waals surface area contributed by atoms with Crippen molar-refractivity contribution in [2.45, 2.75) is 112 Å². The lowest BCUT2D eigenvalue weighted by Crippen LogP contribution is -2.37. The molecule has 430 valence electrons. The van der Waals surface area contributed by atoms with Crippen LogP contribution >= 0.6 is 15.0 Å². The van der Waals surface area contributed by atoms with Crippen LogP contribution < -0.4 is 30.7 Å². The van der Waals surface area contributed by atoms with Crippen molar-refractivity contribution in [3.05, 3.63) is 98.1 Å². The van der Waals surface area contributed by atoms with Crippen LogP contribution in [0.2, 0.25) is 0 Å². The Balaban J connectivity index is 0.000000339. The van der Waals surface area contributed by atoms with Gasteiger partial charge in [0.05, 0.1) is 56.8 Å². The first-order valence-electron chi connectivity index (χ1n) is 24.3. The van der Waals surface area contributed by atoms with Crippen molar-refractivity contribution in [3.63, 3.8) is 0 Å². The minimum atomic E-state index is -3.64. The van der Waals surface area contributed by atoms with Crippen molar-refractivity contribution >= 4 is 79.4 Å². The summed E-state index contributed by atoms with van der Waals surface area (Å²) in [5.41, 5.74) is 13.8. The molecule has 6 atom stereocenters. The Kier molecular flexibility index (Phi) is 27.1. The Bertz CT molecular complexity index is 2810. The quantitative estimate of drug-likeness (QED) is 0.0122. The Morgan fingerprint density at radius 1 is 0.608 bits per heavy atom. The first-order valence-corrected chi connectivity index (χ1v) is 27.9. The summed E-state index contributed by atoms with van der Waals surface area (Å²) in [5.74, 6) is -2.21. The summed E-state index contributed by atoms with van der Waals surface area (Å²) >= 11 is 0. The number of nitrogens with zero attached hydrogens (tertiary/aromatic N) is 8. The number of carboxylic acid groups (broad SMARTS) is 2. The zero-order valence-electron chi connectivity index (χ0n) is 45.1. The van der Waals surface area contributed by atoms with Gasteiger partial charge in [-0.05, 0) is 86.6 Å². The molecule has 0 aliphatic carbocycles. The highest BCUT2D eigenvalue weighted by atomic mass is 31.2. The van der Waals surface area contributed by atoms with E-state index < -0.39 is 51.0 Å². The summed E-state index contributed by atoms with van der Waals surface area (Å²) in [6.45, 7) is 17.2. The standard InChI is InChI=1S/2C21H29N6O5P.C4H4O4.C3H6O2/c2*1-14(2)31-21(28)16(4)26-33(29,32-17-8-6-5-7-9-17)13-30-15(3)10-27-12-25-18-19(22)23-11-24-20(18)27;5-3(6)1-2-4(7)8;1-2-5-3-4/h2*5-9,11-12,14-16H,10,13H2,1-4H3,(H,26,29)(H2,22,23,24);1-2H,(H,5,6)(H,7,8);3H,2H2,1H3/b;;2-1+;/t15?,16-,33?;;;/m0.../s1. The smallest absolute Gasteiger partial charge is 0.342 e. The van der Waals surface area contributed by atoms with Crippen molar-refractivity contribution in [1.29, 1.82) is 0 Å². The van der Waals surface area contributed by atoms with E-state index in [2.05, 4.69) is 44.8 Å². The molecule has 0 saturated heterocycles. The Morgan fingerprint density at radius 2 is 0.975 bits per heavy atom. The molecular formula is C49H68N12O16P2. The Labute approximate surface area is 455 Å². The predicted molar refractivity (Wildman–Crippen MR) is 289 cm³/mol. The van der Waals surface area contributed by atoms with Crippen LogP contribution in [0, 0.1) is 0 Å². The van der Waals surface area contributed by atoms with E-state index in [1.165, 1.54) is 12.7 Å². The number of carbonyl (C=O) groups is 5. The molecule has 8 N–H and O–H groups in total. The van der Waals surface area contributed by atoms with E-state index in [0.717, 1.165) is 0 Å². The van der Waals surface area contributed by atoms with Gasteiger partial charge in [0.2, 0.25) is 0 Å². The molecule has 6 rings (SSSR count). The molecule has 0 amide bonds. The molecule has 0 saturated carbocycles. The third kappa shape index (κ3) is 23.7. The van der Waals surface area contributed by atoms with Gasteiger partial charge in [-0.3, -0.25) is 23.5 Å². The number of nitrogens with two attached hydrogens (primary N) is 2. The van der Waals surface area contributed by atoms with E-state index in [0.29, 0.717) is 83.8 Å². The summed E-state index contributed by atoms with van der Waals surface area (Å²) in [6.07, 6.45) is 5.14. The molecule has 30 heteroatoms. The summed E-state index contributed by atoms with van der Waals surface area (Å²) in [6, 6.07) is 15.7. The van der Waals surface area contributed by atoms with Crippen LogP contribution in [-0.4, -0.2) is 135 Å². The second-order valence-electron chi connectivity index (χ2n) is 17.3. The first-order chi connectivity index (χ1) is 37.4. The van der Waals surface area contributed by atoms with Crippen LogP contribution in [0.25, 0.3) is 22.3 Å². The maximum Gasteiger partial charge on any atom is 0.342 e. The van der Waals surface area contributed by atoms with Crippen LogP contribution in [0.4, 0.5) is 11.6 Å². The number of anilines is 2. The molecule has 5 unspecified atom stereocenters. The van der Waals surface area contributed by atoms with E-state index >= 15 is 0 Å². The van der Waals surface area contributed by atoms with Crippen molar-refractivity contribution in [2.24, 2.45) is 0 Å². The number of nitrogens with one attached hydrogen (secondary N) is 2. The fourth-order valence-corrected chi connectivity index (χ4v) is 9.81. The largest absolute Gasteiger partial charge is 0.478 e. The maximum absolute atomic E-state index is 13.6. The number of esters is 2. The SMILES string of the molecule is CC(C)OC(=O)C(C)NP(=O)(COC(C)Cn1cnc2c(N)ncnc21)Oc1ccccc1.CC(C)OC(=O)[C@H](C)NP(=O)(COC(C)Cn1cnc2c(N)ncnc21)Oc1ccccc1.CCOC=O.O=C(O)/C=C/C(=O)O. The average molecular weight is 1140 g/mol. The number of benzene rings is 2. The van der Waals surface area contributed by atoms with Gasteiger partial charge in [0, 0.05) is 12.2 Å². The maximum atomic E-state index is 13.6. The number of nitrogen functional groups attached to an aromatic ring is 2. The number of carbonyl (C=O) groups excluding carboxylic acids is 3. The number of aliphatic carboxylic acids is 2. The Hall–Kier alpha value is -7.87. The van der Waals surface area contributed by atoms with Crippen molar-refractivity contribution < 1.29 is 76.0 Å². The lowest BCUT2D eigenvalue weighted by molar-refractivity contribution is -0.149. The molecule has 79 heavy (non-hydrogen) atoms. The normalized spacial score (nSPS) is 14.1. The molecule has 0 fully saturated rings. The van der Waals surface area contributed by atoms with Gasteiger partial charge in [0.15, 0.2) is 22.9 Å². The lowest BCUT2D eigenvalue weighted by atomic mass is 10.3. The fourth-order valence-electron chi connectivity index (χ4n) is 6.23. The van der Waals surface area contributed by atoms with Gasteiger partial charge in [-0.1, -0.05) is 36.4 Å². The van der Waals surface area contributed by atoms with Gasteiger partial charge < -0.3 is 63.5 Å². The van der Waals surface area contributed by atoms with Crippen LogP contribution in [0.15, 0.2) is 98.1 Å². The van der Waals surface area contributed by atoms with Crippen LogP contribution in [0.1, 0.15) is 62.3 Å². The van der Waals surface area contributed by atoms with Gasteiger partial charge in [-0.15, -0.1) is 0 Å². The second kappa shape index (κ2) is 32.8. The molecule has 4 heterocycles. The third-order valence-corrected chi connectivity index (χ3v) is 13.2. The molecule has 4 aromatic heterocycles. The summed E-state index contributed by atoms with van der Waals surface area (Å²) in [7, 11) is -7.28. The van der Waals surface area contributed by atoms with E-state index in [9.17, 15) is 33.1 Å². The van der Waals surface area contributed by atoms with Gasteiger partial charge >= 0.3 is 38.9 Å². The van der Waals surface area contributed by atoms with Gasteiger partial charge in [0.25, 0.3) is 6.47 Å². The molecule has 0 aliphatic rings. The van der Waals surface area contributed by atoms with E-state index in [1.807, 2.05) is 26.0 Å². The fraction of sp³-hybridized carbons (Fsp3) is 0.408. The molecular weight excluding hydrogens is 1070 g/mol. The number of carboxylic acids is 2. The molecule has 0 spiro atoms. The number of fused-ring (bicyclic) bond motifs is 2. The van der Waals surface area contributed by atoms with Gasteiger partial charge in [-0.2, -0.15) is 0 Å². The second-order valence-corrected chi connectivity index (χ2v) is 21.4. The third-order valence-electron chi connectivity index (χ3n) is 9.61. The minimum Gasteiger partial charge on any atom is -0.478 e. The van der Waals surface area contributed by atoms with Crippen LogP contribution in [0.3, 0.4) is 0 Å². The number of para-hydroxylation sites is 2. The van der Waals surface area contributed by atoms with Gasteiger partial charge in [-0.25, -0.2) is 49.7 Å². The highest BCUT2D eigenvalue weighted by Crippen LogP contribution is 2.45. The monoisotopic (exact) mass is 1140 g/mol. The number of hydrogen-bond acceptors (Lipinski definition) is 22. The highest BCUT2D eigenvalue weighted by molar-refractivity contribution is 7.57. The topological polar surface area (TPSA) is 388 Å². The predicted octanol–water partition coefficient (Wildman–Crippen LogP) is 5.84. The lowest BCUT2D eigenvalue weighted by Gasteiger charge is -2.25. The highest BCUT2D eigenvalue weighted by Gasteiger charge is 2.33. The molecule has 0 bridgehead atoms. The molecule has 28 nitrogen and oxygen atoms in total. The van der Waals surface area contributed by atoms with Gasteiger partial charge in [0.1, 0.15) is 60.0 Å². The number of hydrogen-bond donors (Lipinski definition) is 6. The summed E-state index contributed by atoms with van der Waals surface area (Å²) in [4.78, 5) is 77.5. The average Bonchev–Trinajstić information content (AvgIpc) is 4.03. The molecule has 6 aromatic rings. The molecule has 0 radical (unpaired) electrons. The van der Waals surface area contributed by atoms with Crippen LogP contribution in [-0.2, 0) is 69.9 Å². The summed E-state index contributed by atoms with van der Waals surface area (Å²) in [5, 5.41) is 21.2. The van der Waals surface area contributed by atoms with E-state index in [1.54, 1.807) is 119 Å². The molecule has 0 aliphatic heterocycles. The zero-order valence-corrected chi connectivity index (χ0v) is 46.8. The van der Waals surface area contributed by atoms with Crippen LogP contribution in [0.5, 0.6) is 11.5 Å². The zero-order chi connectivity index (χ0) is 58.7. The Morgan fingerprint density at radius 3 is 1.28 bits per heavy atom. The van der Waals surface area contributed by atoms with Crippen molar-refractivity contribution in [1.82, 2.24) is 49.2 Å². The number of rotatable bonds is 26. The van der Waals surface area contributed by atoms with E-state index in [4.69, 9.17) is 49.7 Å². The minimum absolute atomic E-state index is 0.272. The van der Waals surface area contributed by atoms with Crippen molar-refractivity contribution in [3.8, 4) is 11.5 Å². The number of ether oxygens (including phenoxy) is 5. The molecule has 2 aromatic carbocycles. The first kappa shape index (κ1) is 65.4. The van der Waals surface area contributed by atoms with E-state index in [-0.39, 0.29) is 37.1 Å². The number of imidazole rings is 2.